The molecule has 0 heterocycles. The van der Waals surface area contributed by atoms with E-state index in [1.165, 1.54) is 10.4 Å². The largest absolute Gasteiger partial charge is 0.399 e. The molecular weight excluding hydrogens is 272 g/mol. The summed E-state index contributed by atoms with van der Waals surface area (Å²) in [7, 11) is -2.06. The summed E-state index contributed by atoms with van der Waals surface area (Å²) in [5.41, 5.74) is 8.46. The minimum absolute atomic E-state index is 0.238. The number of benzene rings is 2. The summed E-state index contributed by atoms with van der Waals surface area (Å²) >= 11 is 0. The van der Waals surface area contributed by atoms with E-state index in [4.69, 9.17) is 5.73 Å². The minimum atomic E-state index is -3.61. The molecule has 0 atom stereocenters. The van der Waals surface area contributed by atoms with E-state index < -0.39 is 10.0 Å². The number of hydrogen-bond donors (Lipinski definition) is 1. The smallest absolute Gasteiger partial charge is 0.264 e. The number of rotatable bonds is 3. The van der Waals surface area contributed by atoms with Gasteiger partial charge in [0.2, 0.25) is 0 Å². The lowest BCUT2D eigenvalue weighted by Gasteiger charge is -2.21. The highest BCUT2D eigenvalue weighted by molar-refractivity contribution is 7.92. The van der Waals surface area contributed by atoms with Crippen molar-refractivity contribution in [1.82, 2.24) is 0 Å². The van der Waals surface area contributed by atoms with Crippen LogP contribution < -0.4 is 10.0 Å². The highest BCUT2D eigenvalue weighted by atomic mass is 32.2. The van der Waals surface area contributed by atoms with Crippen molar-refractivity contribution in [3.05, 3.63) is 53.6 Å². The maximum absolute atomic E-state index is 12.7. The number of nitrogens with two attached hydrogens (primary N) is 1. The van der Waals surface area contributed by atoms with E-state index in [0.717, 1.165) is 5.56 Å². The molecule has 2 rings (SSSR count). The zero-order valence-corrected chi connectivity index (χ0v) is 12.6. The number of aryl methyl sites for hydroxylation is 2. The Hall–Kier alpha value is -2.01. The van der Waals surface area contributed by atoms with E-state index in [9.17, 15) is 8.42 Å². The molecule has 2 N–H and O–H groups in total. The second kappa shape index (κ2) is 5.17. The van der Waals surface area contributed by atoms with Gasteiger partial charge in [-0.15, -0.1) is 0 Å². The number of sulfonamides is 1. The molecule has 0 bridgehead atoms. The summed E-state index contributed by atoms with van der Waals surface area (Å²) in [6, 6.07) is 12.3. The first kappa shape index (κ1) is 14.4. The van der Waals surface area contributed by atoms with Crippen LogP contribution in [0.15, 0.2) is 47.4 Å². The van der Waals surface area contributed by atoms with Gasteiger partial charge >= 0.3 is 0 Å². The lowest BCUT2D eigenvalue weighted by atomic mass is 10.2. The number of anilines is 2. The topological polar surface area (TPSA) is 63.4 Å². The van der Waals surface area contributed by atoms with E-state index >= 15 is 0 Å². The van der Waals surface area contributed by atoms with Gasteiger partial charge in [-0.1, -0.05) is 18.2 Å². The molecule has 0 radical (unpaired) electrons. The van der Waals surface area contributed by atoms with Crippen LogP contribution in [0.2, 0.25) is 0 Å². The molecular formula is C15H18N2O2S. The molecule has 2 aromatic carbocycles. The predicted molar refractivity (Wildman–Crippen MR) is 82.4 cm³/mol. The van der Waals surface area contributed by atoms with Crippen molar-refractivity contribution >= 4 is 21.4 Å². The quantitative estimate of drug-likeness (QED) is 0.884. The van der Waals surface area contributed by atoms with E-state index in [1.807, 2.05) is 25.1 Å². The summed E-state index contributed by atoms with van der Waals surface area (Å²) in [5, 5.41) is 0. The summed E-state index contributed by atoms with van der Waals surface area (Å²) in [6.07, 6.45) is 0. The van der Waals surface area contributed by atoms with Crippen LogP contribution in [0.4, 0.5) is 11.4 Å². The van der Waals surface area contributed by atoms with Crippen LogP contribution in [0.3, 0.4) is 0 Å². The maximum Gasteiger partial charge on any atom is 0.264 e. The van der Waals surface area contributed by atoms with Crippen molar-refractivity contribution < 1.29 is 8.42 Å². The van der Waals surface area contributed by atoms with Crippen molar-refractivity contribution in [3.63, 3.8) is 0 Å². The van der Waals surface area contributed by atoms with Crippen molar-refractivity contribution in [1.29, 1.82) is 0 Å². The number of nitrogens with zero attached hydrogens (tertiary/aromatic N) is 1. The van der Waals surface area contributed by atoms with Crippen LogP contribution in [0.5, 0.6) is 0 Å². The summed E-state index contributed by atoms with van der Waals surface area (Å²) in [5.74, 6) is 0. The van der Waals surface area contributed by atoms with Gasteiger partial charge in [0.05, 0.1) is 10.6 Å². The monoisotopic (exact) mass is 290 g/mol. The molecule has 0 saturated carbocycles. The molecule has 0 aliphatic rings. The second-order valence-corrected chi connectivity index (χ2v) is 6.77. The molecule has 0 aliphatic carbocycles. The Balaban J connectivity index is 2.52. The van der Waals surface area contributed by atoms with E-state index in [-0.39, 0.29) is 4.90 Å². The Bertz CT molecular complexity index is 739. The fourth-order valence-electron chi connectivity index (χ4n) is 2.00. The van der Waals surface area contributed by atoms with Crippen LogP contribution in [0, 0.1) is 13.8 Å². The first-order valence-corrected chi connectivity index (χ1v) is 7.68. The third-order valence-electron chi connectivity index (χ3n) is 3.22. The zero-order valence-electron chi connectivity index (χ0n) is 11.8. The van der Waals surface area contributed by atoms with Crippen molar-refractivity contribution in [2.75, 3.05) is 17.1 Å². The Morgan fingerprint density at radius 2 is 1.75 bits per heavy atom. The zero-order chi connectivity index (χ0) is 14.9. The summed E-state index contributed by atoms with van der Waals surface area (Å²) in [6.45, 7) is 3.69. The SMILES string of the molecule is Cc1cccc(N(C)S(=O)(=O)c2cc(N)ccc2C)c1. The minimum Gasteiger partial charge on any atom is -0.399 e. The Morgan fingerprint density at radius 1 is 1.05 bits per heavy atom. The first-order valence-electron chi connectivity index (χ1n) is 6.24. The highest BCUT2D eigenvalue weighted by Gasteiger charge is 2.23. The van der Waals surface area contributed by atoms with Gasteiger partial charge in [-0.3, -0.25) is 4.31 Å². The molecule has 2 aromatic rings. The number of nitrogen functional groups attached to an aromatic ring is 1. The third kappa shape index (κ3) is 2.63. The first-order chi connectivity index (χ1) is 9.32. The Morgan fingerprint density at radius 3 is 2.40 bits per heavy atom. The second-order valence-electron chi connectivity index (χ2n) is 4.84. The molecule has 4 nitrogen and oxygen atoms in total. The lowest BCUT2D eigenvalue weighted by molar-refractivity contribution is 0.594. The van der Waals surface area contributed by atoms with Gasteiger partial charge in [0.25, 0.3) is 10.0 Å². The van der Waals surface area contributed by atoms with Crippen LogP contribution >= 0.6 is 0 Å². The average molecular weight is 290 g/mol. The van der Waals surface area contributed by atoms with Gasteiger partial charge < -0.3 is 5.73 Å². The van der Waals surface area contributed by atoms with Gasteiger partial charge in [-0.2, -0.15) is 0 Å². The van der Waals surface area contributed by atoms with Gasteiger partial charge in [-0.25, -0.2) is 8.42 Å². The van der Waals surface area contributed by atoms with Crippen molar-refractivity contribution in [3.8, 4) is 0 Å². The van der Waals surface area contributed by atoms with Crippen LogP contribution in [-0.4, -0.2) is 15.5 Å². The van der Waals surface area contributed by atoms with Crippen LogP contribution in [0.25, 0.3) is 0 Å². The molecule has 0 saturated heterocycles. The normalized spacial score (nSPS) is 11.3. The Kier molecular flexibility index (Phi) is 3.72. The average Bonchev–Trinajstić information content (AvgIpc) is 2.40. The molecule has 20 heavy (non-hydrogen) atoms. The van der Waals surface area contributed by atoms with Crippen molar-refractivity contribution in [2.24, 2.45) is 0 Å². The van der Waals surface area contributed by atoms with Gasteiger partial charge in [-0.05, 0) is 49.2 Å². The van der Waals surface area contributed by atoms with Crippen LogP contribution in [0.1, 0.15) is 11.1 Å². The third-order valence-corrected chi connectivity index (χ3v) is 5.14. The lowest BCUT2D eigenvalue weighted by Crippen LogP contribution is -2.27. The van der Waals surface area contributed by atoms with Crippen LogP contribution in [-0.2, 0) is 10.0 Å². The molecule has 0 amide bonds. The molecule has 0 unspecified atom stereocenters. The number of hydrogen-bond acceptors (Lipinski definition) is 3. The molecule has 5 heteroatoms. The van der Waals surface area contributed by atoms with Gasteiger partial charge in [0.15, 0.2) is 0 Å². The molecule has 0 fully saturated rings. The van der Waals surface area contributed by atoms with Gasteiger partial charge in [0.1, 0.15) is 0 Å². The highest BCUT2D eigenvalue weighted by Crippen LogP contribution is 2.26. The molecule has 0 aliphatic heterocycles. The predicted octanol–water partition coefficient (Wildman–Crippen LogP) is 2.71. The van der Waals surface area contributed by atoms with E-state index in [1.54, 1.807) is 32.2 Å². The molecule has 106 valence electrons. The standard InChI is InChI=1S/C15H18N2O2S/c1-11-5-4-6-14(9-11)17(3)20(18,19)15-10-13(16)8-7-12(15)2/h4-10H,16H2,1-3H3. The van der Waals surface area contributed by atoms with Crippen molar-refractivity contribution in [2.45, 2.75) is 18.7 Å². The maximum atomic E-state index is 12.7. The molecule has 0 spiro atoms. The fraction of sp³-hybridized carbons (Fsp3) is 0.200. The summed E-state index contributed by atoms with van der Waals surface area (Å²) < 4.78 is 26.7. The molecule has 0 aromatic heterocycles. The van der Waals surface area contributed by atoms with Gasteiger partial charge in [0, 0.05) is 12.7 Å². The van der Waals surface area contributed by atoms with E-state index in [2.05, 4.69) is 0 Å². The fourth-order valence-corrected chi connectivity index (χ4v) is 3.45. The van der Waals surface area contributed by atoms with E-state index in [0.29, 0.717) is 16.9 Å². The Labute approximate surface area is 119 Å². The summed E-state index contributed by atoms with van der Waals surface area (Å²) in [4.78, 5) is 0.238.